The lowest BCUT2D eigenvalue weighted by Gasteiger charge is -2.39. The largest absolute Gasteiger partial charge is 0.235 e. The Morgan fingerprint density at radius 2 is 1.45 bits per heavy atom. The number of nitrogens with zero attached hydrogens (tertiary/aromatic N) is 2. The van der Waals surface area contributed by atoms with Crippen LogP contribution in [0, 0.1) is 5.92 Å². The van der Waals surface area contributed by atoms with Gasteiger partial charge in [0.25, 0.3) is 0 Å². The topological polar surface area (TPSA) is 58.9 Å². The molecule has 110 valence electrons. The summed E-state index contributed by atoms with van der Waals surface area (Å²) in [6, 6.07) is -0.174. The highest BCUT2D eigenvalue weighted by Crippen LogP contribution is 2.44. The van der Waals surface area contributed by atoms with E-state index in [0.717, 1.165) is 44.9 Å². The first-order valence-corrected chi connectivity index (χ1v) is 7.99. The summed E-state index contributed by atoms with van der Waals surface area (Å²) in [5.74, 6) is 0.367. The maximum Gasteiger partial charge on any atom is 0.235 e. The summed E-state index contributed by atoms with van der Waals surface area (Å²) in [5.41, 5.74) is -0.486. The van der Waals surface area contributed by atoms with Crippen molar-refractivity contribution >= 4 is 12.2 Å². The van der Waals surface area contributed by atoms with Crippen molar-refractivity contribution in [2.24, 2.45) is 15.9 Å². The van der Waals surface area contributed by atoms with Crippen LogP contribution in [0.25, 0.3) is 0 Å². The first kappa shape index (κ1) is 15.2. The number of hydrogen-bond donors (Lipinski definition) is 0. The fourth-order valence-electron chi connectivity index (χ4n) is 4.14. The summed E-state index contributed by atoms with van der Waals surface area (Å²) >= 11 is 0. The Labute approximate surface area is 120 Å². The molecule has 0 aromatic rings. The number of aliphatic imine (C=N–C) groups is 2. The highest BCUT2D eigenvalue weighted by atomic mass is 16.1. The molecule has 20 heavy (non-hydrogen) atoms. The molecule has 0 aliphatic heterocycles. The van der Waals surface area contributed by atoms with Gasteiger partial charge in [0.15, 0.2) is 0 Å². The molecule has 0 spiro atoms. The van der Waals surface area contributed by atoms with Crippen LogP contribution < -0.4 is 0 Å². The molecule has 0 aromatic heterocycles. The van der Waals surface area contributed by atoms with Crippen LogP contribution in [0.15, 0.2) is 9.98 Å². The molecule has 2 saturated carbocycles. The van der Waals surface area contributed by atoms with E-state index in [4.69, 9.17) is 0 Å². The zero-order valence-electron chi connectivity index (χ0n) is 12.1. The van der Waals surface area contributed by atoms with Crippen LogP contribution in [0.5, 0.6) is 0 Å². The van der Waals surface area contributed by atoms with Crippen molar-refractivity contribution in [3.05, 3.63) is 0 Å². The number of carbonyl (C=O) groups excluding carboxylic acids is 2. The number of rotatable bonds is 3. The number of isocyanates is 2. The van der Waals surface area contributed by atoms with Crippen LogP contribution in [0.4, 0.5) is 0 Å². The van der Waals surface area contributed by atoms with Crippen molar-refractivity contribution in [3.8, 4) is 0 Å². The molecular weight excluding hydrogens is 252 g/mol. The van der Waals surface area contributed by atoms with Gasteiger partial charge in [-0.3, -0.25) is 0 Å². The Kier molecular flexibility index (Phi) is 5.70. The number of hydrogen-bond acceptors (Lipinski definition) is 4. The van der Waals surface area contributed by atoms with Crippen LogP contribution in [0.2, 0.25) is 0 Å². The highest BCUT2D eigenvalue weighted by Gasteiger charge is 2.46. The van der Waals surface area contributed by atoms with Gasteiger partial charge in [-0.1, -0.05) is 44.9 Å². The summed E-state index contributed by atoms with van der Waals surface area (Å²) in [5, 5.41) is 0. The van der Waals surface area contributed by atoms with Crippen molar-refractivity contribution in [2.45, 2.75) is 82.2 Å². The third-order valence-corrected chi connectivity index (χ3v) is 5.16. The molecule has 0 saturated heterocycles. The molecule has 2 rings (SSSR count). The predicted molar refractivity (Wildman–Crippen MR) is 77.0 cm³/mol. The van der Waals surface area contributed by atoms with E-state index in [9.17, 15) is 9.59 Å². The molecule has 0 N–H and O–H groups in total. The second-order valence-electron chi connectivity index (χ2n) is 6.22. The summed E-state index contributed by atoms with van der Waals surface area (Å²) in [6.07, 6.45) is 15.6. The van der Waals surface area contributed by atoms with E-state index in [2.05, 4.69) is 9.98 Å². The quantitative estimate of drug-likeness (QED) is 0.448. The molecule has 0 aromatic carbocycles. The van der Waals surface area contributed by atoms with Crippen LogP contribution in [-0.2, 0) is 9.59 Å². The van der Waals surface area contributed by atoms with E-state index in [1.54, 1.807) is 12.2 Å². The van der Waals surface area contributed by atoms with E-state index in [0.29, 0.717) is 5.92 Å². The SMILES string of the molecule is O=C=NC1CCCCCC1(N=C=O)C1CCCCCC1. The highest BCUT2D eigenvalue weighted by molar-refractivity contribution is 5.38. The van der Waals surface area contributed by atoms with Gasteiger partial charge >= 0.3 is 0 Å². The minimum atomic E-state index is -0.486. The van der Waals surface area contributed by atoms with Gasteiger partial charge in [0.2, 0.25) is 12.2 Å². The minimum Gasteiger partial charge on any atom is -0.211 e. The zero-order valence-corrected chi connectivity index (χ0v) is 12.1. The molecule has 4 heteroatoms. The Hall–Kier alpha value is -1.24. The normalized spacial score (nSPS) is 32.3. The van der Waals surface area contributed by atoms with E-state index >= 15 is 0 Å². The minimum absolute atomic E-state index is 0.174. The van der Waals surface area contributed by atoms with Crippen molar-refractivity contribution in [1.29, 1.82) is 0 Å². The lowest BCUT2D eigenvalue weighted by molar-refractivity contribution is 0.192. The Bertz CT molecular complexity index is 403. The van der Waals surface area contributed by atoms with Crippen LogP contribution >= 0.6 is 0 Å². The van der Waals surface area contributed by atoms with Gasteiger partial charge < -0.3 is 0 Å². The molecule has 2 aliphatic rings. The lowest BCUT2D eigenvalue weighted by Crippen LogP contribution is -2.45. The molecule has 2 atom stereocenters. The molecule has 2 aliphatic carbocycles. The maximum absolute atomic E-state index is 11.0. The second-order valence-corrected chi connectivity index (χ2v) is 6.22. The van der Waals surface area contributed by atoms with Crippen molar-refractivity contribution < 1.29 is 9.59 Å². The van der Waals surface area contributed by atoms with Gasteiger partial charge in [0, 0.05) is 0 Å². The van der Waals surface area contributed by atoms with Crippen LogP contribution in [0.3, 0.4) is 0 Å². The summed E-state index contributed by atoms with van der Waals surface area (Å²) in [7, 11) is 0. The van der Waals surface area contributed by atoms with Gasteiger partial charge in [0.05, 0.1) is 11.6 Å². The average molecular weight is 276 g/mol. The fourth-order valence-corrected chi connectivity index (χ4v) is 4.14. The molecule has 0 radical (unpaired) electrons. The molecule has 0 bridgehead atoms. The molecule has 0 amide bonds. The van der Waals surface area contributed by atoms with E-state index in [-0.39, 0.29) is 6.04 Å². The standard InChI is InChI=1S/C16H24N2O2/c19-12-17-15-10-6-3-7-11-16(15,18-13-20)14-8-4-1-2-5-9-14/h14-15H,1-11H2. The predicted octanol–water partition coefficient (Wildman–Crippen LogP) is 3.70. The third-order valence-electron chi connectivity index (χ3n) is 5.16. The molecule has 2 unspecified atom stereocenters. The first-order chi connectivity index (χ1) is 9.83. The maximum atomic E-state index is 11.0. The zero-order chi connectivity index (χ0) is 14.3. The summed E-state index contributed by atoms with van der Waals surface area (Å²) < 4.78 is 0. The monoisotopic (exact) mass is 276 g/mol. The molecule has 4 nitrogen and oxygen atoms in total. The van der Waals surface area contributed by atoms with Gasteiger partial charge in [-0.25, -0.2) is 9.59 Å². The summed E-state index contributed by atoms with van der Waals surface area (Å²) in [4.78, 5) is 30.1. The van der Waals surface area contributed by atoms with E-state index in [1.165, 1.54) is 25.7 Å². The Morgan fingerprint density at radius 1 is 0.800 bits per heavy atom. The van der Waals surface area contributed by atoms with Crippen molar-refractivity contribution in [3.63, 3.8) is 0 Å². The van der Waals surface area contributed by atoms with Crippen molar-refractivity contribution in [2.75, 3.05) is 0 Å². The summed E-state index contributed by atoms with van der Waals surface area (Å²) in [6.45, 7) is 0. The Morgan fingerprint density at radius 3 is 2.10 bits per heavy atom. The third kappa shape index (κ3) is 3.26. The fraction of sp³-hybridized carbons (Fsp3) is 0.875. The Balaban J connectivity index is 2.36. The van der Waals surface area contributed by atoms with Crippen molar-refractivity contribution in [1.82, 2.24) is 0 Å². The molecule has 0 heterocycles. The lowest BCUT2D eigenvalue weighted by atomic mass is 9.72. The molecular formula is C16H24N2O2. The smallest absolute Gasteiger partial charge is 0.211 e. The van der Waals surface area contributed by atoms with Gasteiger partial charge in [-0.05, 0) is 31.6 Å². The van der Waals surface area contributed by atoms with Crippen LogP contribution in [0.1, 0.15) is 70.6 Å². The van der Waals surface area contributed by atoms with Crippen LogP contribution in [-0.4, -0.2) is 23.7 Å². The van der Waals surface area contributed by atoms with E-state index in [1.807, 2.05) is 0 Å². The van der Waals surface area contributed by atoms with E-state index < -0.39 is 5.54 Å². The van der Waals surface area contributed by atoms with Gasteiger partial charge in [-0.15, -0.1) is 0 Å². The molecule has 2 fully saturated rings. The van der Waals surface area contributed by atoms with Gasteiger partial charge in [0.1, 0.15) is 0 Å². The second kappa shape index (κ2) is 7.52. The first-order valence-electron chi connectivity index (χ1n) is 7.99. The average Bonchev–Trinajstić information content (AvgIpc) is 2.82. The van der Waals surface area contributed by atoms with Gasteiger partial charge in [-0.2, -0.15) is 9.98 Å².